The van der Waals surface area contributed by atoms with Crippen molar-refractivity contribution in [3.63, 3.8) is 0 Å². The Hall–Kier alpha value is -1.03. The molecule has 1 aromatic carbocycles. The summed E-state index contributed by atoms with van der Waals surface area (Å²) in [5.74, 6) is 3.11. The molecule has 2 aliphatic carbocycles. The summed E-state index contributed by atoms with van der Waals surface area (Å²) in [5, 5.41) is 3.11. The molecule has 108 valence electrons. The van der Waals surface area contributed by atoms with Crippen molar-refractivity contribution in [2.75, 3.05) is 13.7 Å². The number of carbonyl (C=O) groups is 1. The van der Waals surface area contributed by atoms with Crippen molar-refractivity contribution < 1.29 is 9.53 Å². The van der Waals surface area contributed by atoms with Gasteiger partial charge in [0, 0.05) is 11.0 Å². The van der Waals surface area contributed by atoms with Gasteiger partial charge in [-0.2, -0.15) is 0 Å². The smallest absolute Gasteiger partial charge is 0.252 e. The summed E-state index contributed by atoms with van der Waals surface area (Å²) in [6.45, 7) is 0.817. The van der Waals surface area contributed by atoms with Crippen LogP contribution in [0.15, 0.2) is 22.7 Å². The van der Waals surface area contributed by atoms with Gasteiger partial charge in [-0.1, -0.05) is 0 Å². The van der Waals surface area contributed by atoms with E-state index in [1.54, 1.807) is 13.2 Å². The molecule has 0 radical (unpaired) electrons. The van der Waals surface area contributed by atoms with Gasteiger partial charge in [0.25, 0.3) is 5.91 Å². The fourth-order valence-corrected chi connectivity index (χ4v) is 3.30. The van der Waals surface area contributed by atoms with Gasteiger partial charge in [-0.15, -0.1) is 0 Å². The van der Waals surface area contributed by atoms with Gasteiger partial charge in [-0.25, -0.2) is 0 Å². The molecule has 20 heavy (non-hydrogen) atoms. The van der Waals surface area contributed by atoms with Crippen molar-refractivity contribution in [3.05, 3.63) is 28.2 Å². The van der Waals surface area contributed by atoms with Crippen molar-refractivity contribution in [2.24, 2.45) is 17.8 Å². The molecule has 1 amide bonds. The molecular weight excluding hydrogens is 318 g/mol. The Labute approximate surface area is 128 Å². The van der Waals surface area contributed by atoms with Gasteiger partial charge in [0.2, 0.25) is 0 Å². The maximum Gasteiger partial charge on any atom is 0.252 e. The van der Waals surface area contributed by atoms with Gasteiger partial charge in [0.05, 0.1) is 12.7 Å². The third-order valence-corrected chi connectivity index (χ3v) is 5.06. The summed E-state index contributed by atoms with van der Waals surface area (Å²) >= 11 is 3.43. The maximum absolute atomic E-state index is 12.3. The molecule has 1 aromatic rings. The van der Waals surface area contributed by atoms with Gasteiger partial charge >= 0.3 is 0 Å². The Morgan fingerprint density at radius 1 is 1.35 bits per heavy atom. The number of hydrogen-bond donors (Lipinski definition) is 1. The second-order valence-corrected chi connectivity index (χ2v) is 6.75. The van der Waals surface area contributed by atoms with E-state index in [0.29, 0.717) is 17.2 Å². The Bertz CT molecular complexity index is 497. The molecule has 3 rings (SSSR count). The van der Waals surface area contributed by atoms with Crippen LogP contribution >= 0.6 is 15.9 Å². The normalized spacial score (nSPS) is 18.1. The molecule has 0 spiro atoms. The fourth-order valence-electron chi connectivity index (χ4n) is 2.88. The molecule has 3 nitrogen and oxygen atoms in total. The van der Waals surface area contributed by atoms with Crippen LogP contribution in [0.2, 0.25) is 0 Å². The number of methoxy groups -OCH3 is 1. The number of ether oxygens (including phenoxy) is 1. The van der Waals surface area contributed by atoms with Crippen LogP contribution in [0.3, 0.4) is 0 Å². The molecular formula is C16H20BrNO2. The molecule has 0 unspecified atom stereocenters. The van der Waals surface area contributed by atoms with E-state index in [4.69, 9.17) is 4.74 Å². The number of nitrogens with one attached hydrogen (secondary N) is 1. The van der Waals surface area contributed by atoms with Crippen LogP contribution in [-0.2, 0) is 0 Å². The van der Waals surface area contributed by atoms with Gasteiger partial charge in [0.15, 0.2) is 0 Å². The van der Waals surface area contributed by atoms with Crippen molar-refractivity contribution >= 4 is 21.8 Å². The van der Waals surface area contributed by atoms with Crippen molar-refractivity contribution in [1.82, 2.24) is 5.32 Å². The zero-order valence-corrected chi connectivity index (χ0v) is 13.3. The molecule has 0 heterocycles. The van der Waals surface area contributed by atoms with E-state index < -0.39 is 0 Å². The Morgan fingerprint density at radius 3 is 2.55 bits per heavy atom. The molecule has 2 fully saturated rings. The average Bonchev–Trinajstić information content (AvgIpc) is 3.32. The topological polar surface area (TPSA) is 38.3 Å². The molecule has 0 aromatic heterocycles. The quantitative estimate of drug-likeness (QED) is 0.860. The molecule has 0 atom stereocenters. The number of amides is 1. The Morgan fingerprint density at radius 2 is 2.00 bits per heavy atom. The standard InChI is InChI=1S/C16H20BrNO2/c1-20-12-6-7-15(17)13(8-12)16(19)18-9-14(10-2-3-10)11-4-5-11/h6-8,10-11,14H,2-5,9H2,1H3,(H,18,19). The van der Waals surface area contributed by atoms with Gasteiger partial charge in [-0.05, 0) is 77.6 Å². The summed E-state index contributed by atoms with van der Waals surface area (Å²) in [5.41, 5.74) is 0.648. The van der Waals surface area contributed by atoms with Crippen molar-refractivity contribution in [3.8, 4) is 5.75 Å². The van der Waals surface area contributed by atoms with E-state index in [0.717, 1.165) is 22.9 Å². The minimum Gasteiger partial charge on any atom is -0.497 e. The SMILES string of the molecule is COc1ccc(Br)c(C(=O)NCC(C2CC2)C2CC2)c1. The number of halogens is 1. The number of hydrogen-bond acceptors (Lipinski definition) is 2. The molecule has 2 saturated carbocycles. The minimum atomic E-state index is -0.0120. The van der Waals surface area contributed by atoms with E-state index in [1.165, 1.54) is 25.7 Å². The zero-order chi connectivity index (χ0) is 14.1. The van der Waals surface area contributed by atoms with Gasteiger partial charge in [0.1, 0.15) is 5.75 Å². The van der Waals surface area contributed by atoms with E-state index in [-0.39, 0.29) is 5.91 Å². The molecule has 0 saturated heterocycles. The summed E-state index contributed by atoms with van der Waals surface area (Å²) in [6, 6.07) is 5.48. The summed E-state index contributed by atoms with van der Waals surface area (Å²) < 4.78 is 5.99. The van der Waals surface area contributed by atoms with Crippen LogP contribution < -0.4 is 10.1 Å². The summed E-state index contributed by atoms with van der Waals surface area (Å²) in [6.07, 6.45) is 5.39. The molecule has 0 aliphatic heterocycles. The van der Waals surface area contributed by atoms with E-state index in [2.05, 4.69) is 21.2 Å². The lowest BCUT2D eigenvalue weighted by molar-refractivity contribution is 0.0942. The Balaban J connectivity index is 1.63. The lowest BCUT2D eigenvalue weighted by atomic mass is 9.98. The highest BCUT2D eigenvalue weighted by molar-refractivity contribution is 9.10. The first kappa shape index (κ1) is 13.9. The van der Waals surface area contributed by atoms with Crippen LogP contribution in [0, 0.1) is 17.8 Å². The lowest BCUT2D eigenvalue weighted by Gasteiger charge is -2.16. The number of benzene rings is 1. The average molecular weight is 338 g/mol. The van der Waals surface area contributed by atoms with E-state index in [1.807, 2.05) is 12.1 Å². The van der Waals surface area contributed by atoms with Crippen molar-refractivity contribution in [2.45, 2.75) is 25.7 Å². The first-order valence-corrected chi connectivity index (χ1v) is 8.10. The van der Waals surface area contributed by atoms with Crippen LogP contribution in [-0.4, -0.2) is 19.6 Å². The third-order valence-electron chi connectivity index (χ3n) is 4.37. The highest BCUT2D eigenvalue weighted by Crippen LogP contribution is 2.48. The first-order valence-electron chi connectivity index (χ1n) is 7.30. The molecule has 4 heteroatoms. The van der Waals surface area contributed by atoms with Crippen LogP contribution in [0.4, 0.5) is 0 Å². The van der Waals surface area contributed by atoms with Crippen LogP contribution in [0.25, 0.3) is 0 Å². The highest BCUT2D eigenvalue weighted by atomic mass is 79.9. The van der Waals surface area contributed by atoms with Gasteiger partial charge in [-0.3, -0.25) is 4.79 Å². The summed E-state index contributed by atoms with van der Waals surface area (Å²) in [7, 11) is 1.61. The second-order valence-electron chi connectivity index (χ2n) is 5.89. The highest BCUT2D eigenvalue weighted by Gasteiger charge is 2.41. The van der Waals surface area contributed by atoms with Crippen LogP contribution in [0.1, 0.15) is 36.0 Å². The molecule has 0 bridgehead atoms. The van der Waals surface area contributed by atoms with Crippen molar-refractivity contribution in [1.29, 1.82) is 0 Å². The monoisotopic (exact) mass is 337 g/mol. The zero-order valence-electron chi connectivity index (χ0n) is 11.7. The number of carbonyl (C=O) groups excluding carboxylic acids is 1. The molecule has 1 N–H and O–H groups in total. The van der Waals surface area contributed by atoms with E-state index in [9.17, 15) is 4.79 Å². The maximum atomic E-state index is 12.3. The lowest BCUT2D eigenvalue weighted by Crippen LogP contribution is -2.31. The van der Waals surface area contributed by atoms with Gasteiger partial charge < -0.3 is 10.1 Å². The fraction of sp³-hybridized carbons (Fsp3) is 0.562. The minimum absolute atomic E-state index is 0.0120. The third kappa shape index (κ3) is 3.17. The summed E-state index contributed by atoms with van der Waals surface area (Å²) in [4.78, 5) is 12.3. The second kappa shape index (κ2) is 5.76. The largest absolute Gasteiger partial charge is 0.497 e. The predicted molar refractivity (Wildman–Crippen MR) is 82.0 cm³/mol. The Kier molecular flexibility index (Phi) is 4.01. The molecule has 2 aliphatic rings. The predicted octanol–water partition coefficient (Wildman–Crippen LogP) is 3.62. The number of rotatable bonds is 6. The van der Waals surface area contributed by atoms with E-state index >= 15 is 0 Å². The van der Waals surface area contributed by atoms with Crippen LogP contribution in [0.5, 0.6) is 5.75 Å². The first-order chi connectivity index (χ1) is 9.69.